The van der Waals surface area contributed by atoms with Crippen LogP contribution in [0, 0.1) is 0 Å². The molecule has 4 heteroatoms. The monoisotopic (exact) mass is 1050 g/mol. The number of aromatic nitrogens is 1. The van der Waals surface area contributed by atoms with E-state index in [0.29, 0.717) is 10.9 Å². The third-order valence-corrected chi connectivity index (χ3v) is 16.7. The zero-order valence-electron chi connectivity index (χ0n) is 48.6. The highest BCUT2D eigenvalue weighted by atomic mass is 15.2. The molecule has 13 aromatic carbocycles. The summed E-state index contributed by atoms with van der Waals surface area (Å²) in [6.45, 7) is -0.301. The number of anilines is 6. The molecule has 0 saturated heterocycles. The van der Waals surface area contributed by atoms with Gasteiger partial charge in [-0.1, -0.05) is 279 Å². The average Bonchev–Trinajstić information content (AvgIpc) is 0.888. The fourth-order valence-electron chi connectivity index (χ4n) is 13.1. The van der Waals surface area contributed by atoms with Gasteiger partial charge in [-0.2, -0.15) is 0 Å². The molecule has 0 atom stereocenters. The largest absolute Gasteiger partial charge is 0.310 e. The van der Waals surface area contributed by atoms with Crippen molar-refractivity contribution in [3.05, 3.63) is 315 Å². The number of hydrogen-bond acceptors (Lipinski definition) is 2. The van der Waals surface area contributed by atoms with Crippen LogP contribution in [-0.2, 0) is 0 Å². The van der Waals surface area contributed by atoms with Crippen molar-refractivity contribution in [1.82, 2.24) is 4.57 Å². The van der Waals surface area contributed by atoms with E-state index in [1.807, 2.05) is 24.3 Å². The van der Waals surface area contributed by atoms with E-state index < -0.39 is 0 Å². The Hall–Kier alpha value is -10.7. The van der Waals surface area contributed by atoms with Crippen LogP contribution in [0.4, 0.5) is 34.1 Å². The van der Waals surface area contributed by atoms with Crippen molar-refractivity contribution in [1.29, 1.82) is 0 Å². The summed E-state index contributed by atoms with van der Waals surface area (Å²) in [4.78, 5) is 5.05. The smallest absolute Gasteiger partial charge is 0.252 e. The topological polar surface area (TPSA) is 11.4 Å². The summed E-state index contributed by atoms with van der Waals surface area (Å²) >= 11 is 0. The summed E-state index contributed by atoms with van der Waals surface area (Å²) in [6.07, 6.45) is 0. The summed E-state index contributed by atoms with van der Waals surface area (Å²) in [6, 6.07) is 103. The first-order valence-corrected chi connectivity index (χ1v) is 28.0. The van der Waals surface area contributed by atoms with Crippen molar-refractivity contribution >= 4 is 79.0 Å². The number of nitrogens with zero attached hydrogens (tertiary/aromatic N) is 3. The summed E-state index contributed by atoms with van der Waals surface area (Å²) in [7, 11) is 0. The van der Waals surface area contributed by atoms with Crippen LogP contribution >= 0.6 is 0 Å². The van der Waals surface area contributed by atoms with Gasteiger partial charge in [0.05, 0.1) is 33.6 Å². The second kappa shape index (κ2) is 19.6. The molecule has 0 fully saturated rings. The van der Waals surface area contributed by atoms with Gasteiger partial charge >= 0.3 is 0 Å². The molecular formula is C78H52BN3. The van der Waals surface area contributed by atoms with Crippen LogP contribution in [0.2, 0.25) is 0 Å². The molecule has 0 bridgehead atoms. The lowest BCUT2D eigenvalue weighted by Crippen LogP contribution is -2.61. The molecule has 0 radical (unpaired) electrons. The number of para-hydroxylation sites is 4. The number of benzene rings is 13. The average molecular weight is 1050 g/mol. The first-order valence-electron chi connectivity index (χ1n) is 30.0. The predicted octanol–water partition coefficient (Wildman–Crippen LogP) is 18.9. The fraction of sp³-hybridized carbons (Fsp3) is 0. The van der Waals surface area contributed by atoms with Gasteiger partial charge in [-0.05, 0) is 97.3 Å². The van der Waals surface area contributed by atoms with Crippen LogP contribution in [-0.4, -0.2) is 11.3 Å². The third-order valence-electron chi connectivity index (χ3n) is 16.7. The first-order chi connectivity index (χ1) is 42.4. The molecule has 0 saturated carbocycles. The van der Waals surface area contributed by atoms with Crippen molar-refractivity contribution in [3.8, 4) is 72.4 Å². The van der Waals surface area contributed by atoms with Gasteiger partial charge in [0.1, 0.15) is 0 Å². The van der Waals surface area contributed by atoms with E-state index in [0.717, 1.165) is 134 Å². The molecule has 2 aliphatic heterocycles. The van der Waals surface area contributed by atoms with Crippen molar-refractivity contribution in [2.75, 3.05) is 9.80 Å². The predicted molar refractivity (Wildman–Crippen MR) is 347 cm³/mol. The highest BCUT2D eigenvalue weighted by Gasteiger charge is 2.45. The van der Waals surface area contributed by atoms with E-state index in [9.17, 15) is 4.11 Å². The minimum absolute atomic E-state index is 0.0723. The first kappa shape index (κ1) is 43.2. The molecule has 1 aromatic heterocycles. The highest BCUT2D eigenvalue weighted by Crippen LogP contribution is 2.54. The molecule has 0 spiro atoms. The maximum Gasteiger partial charge on any atom is 0.252 e. The molecule has 2 aliphatic rings. The number of rotatable bonds is 9. The molecule has 82 heavy (non-hydrogen) atoms. The Kier molecular flexibility index (Phi) is 10.3. The van der Waals surface area contributed by atoms with Gasteiger partial charge in [0, 0.05) is 55.8 Å². The summed E-state index contributed by atoms with van der Waals surface area (Å²) < 4.78 is 39.9. The van der Waals surface area contributed by atoms with Gasteiger partial charge in [0.25, 0.3) is 6.71 Å². The zero-order valence-corrected chi connectivity index (χ0v) is 44.6. The van der Waals surface area contributed by atoms with Crippen LogP contribution in [0.3, 0.4) is 0 Å². The molecule has 3 heterocycles. The van der Waals surface area contributed by atoms with Crippen LogP contribution in [0.15, 0.2) is 315 Å². The minimum atomic E-state index is -0.301. The maximum atomic E-state index is 9.89. The third kappa shape index (κ3) is 7.68. The van der Waals surface area contributed by atoms with E-state index >= 15 is 0 Å². The Labute approximate surface area is 484 Å². The summed E-state index contributed by atoms with van der Waals surface area (Å²) in [5.41, 5.74) is 24.1. The second-order valence-corrected chi connectivity index (χ2v) is 21.2. The molecule has 0 unspecified atom stereocenters. The molecule has 0 N–H and O–H groups in total. The van der Waals surface area contributed by atoms with Crippen molar-refractivity contribution < 1.29 is 5.48 Å². The summed E-state index contributed by atoms with van der Waals surface area (Å²) in [5, 5.41) is 1.21. The van der Waals surface area contributed by atoms with E-state index in [1.54, 1.807) is 0 Å². The molecule has 0 aliphatic carbocycles. The lowest BCUT2D eigenvalue weighted by Gasteiger charge is -2.46. The van der Waals surface area contributed by atoms with Crippen molar-refractivity contribution in [3.63, 3.8) is 0 Å². The van der Waals surface area contributed by atoms with Crippen LogP contribution in [0.5, 0.6) is 0 Å². The molecule has 382 valence electrons. The van der Waals surface area contributed by atoms with Gasteiger partial charge in [0.15, 0.2) is 0 Å². The van der Waals surface area contributed by atoms with E-state index in [1.165, 1.54) is 0 Å². The minimum Gasteiger partial charge on any atom is -0.310 e. The van der Waals surface area contributed by atoms with Gasteiger partial charge in [-0.15, -0.1) is 0 Å². The van der Waals surface area contributed by atoms with Crippen LogP contribution in [0.1, 0.15) is 5.48 Å². The van der Waals surface area contributed by atoms with Crippen molar-refractivity contribution in [2.45, 2.75) is 0 Å². The van der Waals surface area contributed by atoms with Crippen molar-refractivity contribution in [2.24, 2.45) is 0 Å². The van der Waals surface area contributed by atoms with E-state index in [4.69, 9.17) is 1.37 Å². The zero-order chi connectivity index (χ0) is 57.6. The van der Waals surface area contributed by atoms with E-state index in [-0.39, 0.29) is 30.9 Å². The van der Waals surface area contributed by atoms with Crippen LogP contribution in [0.25, 0.3) is 94.3 Å². The normalized spacial score (nSPS) is 13.0. The highest BCUT2D eigenvalue weighted by molar-refractivity contribution is 7.00. The molecule has 0 amide bonds. The Balaban J connectivity index is 1.13. The molecule has 14 aromatic rings. The van der Waals surface area contributed by atoms with Gasteiger partial charge in [-0.25, -0.2) is 0 Å². The Morgan fingerprint density at radius 1 is 0.280 bits per heavy atom. The molecule has 3 nitrogen and oxygen atoms in total. The van der Waals surface area contributed by atoms with Gasteiger partial charge < -0.3 is 14.4 Å². The number of hydrogen-bond donors (Lipinski definition) is 0. The summed E-state index contributed by atoms with van der Waals surface area (Å²) in [5.74, 6) is 0. The Morgan fingerprint density at radius 3 is 1.09 bits per heavy atom. The van der Waals surface area contributed by atoms with Crippen LogP contribution < -0.4 is 26.2 Å². The standard InChI is InChI=1S/C78H52BN3/c1-7-25-53(26-8-1)59-45-47-68-72(49-59)81(77-62(55-29-11-3-12-30-55)39-23-40-63(77)56-31-13-4-14-32-56)74-51-61(80-70-43-21-19-37-66(70)67-38-20-22-44-71(67)80)52-75-76(74)79(68)69-48-46-60(54-27-9-2-10-28-54)50-73(69)82(75)78-64(57-33-15-5-16-34-57)41-24-42-65(78)58-35-17-6-18-36-58/h1-52H/i19D,21D,37D,43D. The molecular weight excluding hydrogens is 990 g/mol. The van der Waals surface area contributed by atoms with E-state index in [2.05, 4.69) is 281 Å². The SMILES string of the molecule is [2H]c1c([2H])c([2H])c2c(c1[2H])c1ccccc1n2-c1cc2c3c(c1)N(c1c(-c4ccccc4)cccc1-c1ccccc1)c1cc(-c4ccccc4)ccc1B3c1ccc(-c3ccccc3)cc1N2c1c(-c2ccccc2)cccc1-c1ccccc1. The fourth-order valence-corrected chi connectivity index (χ4v) is 13.1. The Morgan fingerprint density at radius 2 is 0.659 bits per heavy atom. The molecule has 16 rings (SSSR count). The second-order valence-electron chi connectivity index (χ2n) is 21.2. The number of fused-ring (bicyclic) bond motifs is 7. The maximum absolute atomic E-state index is 9.89. The van der Waals surface area contributed by atoms with Gasteiger partial charge in [-0.3, -0.25) is 0 Å². The van der Waals surface area contributed by atoms with Gasteiger partial charge in [0.2, 0.25) is 0 Å². The Bertz CT molecular complexity index is 4620. The lowest BCUT2D eigenvalue weighted by molar-refractivity contribution is 1.16. The quantitative estimate of drug-likeness (QED) is 0.134. The lowest BCUT2D eigenvalue weighted by atomic mass is 9.33.